The number of carbonyl (C=O) groups excluding carboxylic acids is 8. The van der Waals surface area contributed by atoms with Crippen LogP contribution in [0.3, 0.4) is 0 Å². The summed E-state index contributed by atoms with van der Waals surface area (Å²) in [5.74, 6) is -3.00. The van der Waals surface area contributed by atoms with Gasteiger partial charge in [-0.1, -0.05) is 111 Å². The average Bonchev–Trinajstić information content (AvgIpc) is 3.28. The van der Waals surface area contributed by atoms with Crippen molar-refractivity contribution in [2.45, 2.75) is 251 Å². The van der Waals surface area contributed by atoms with E-state index in [1.807, 2.05) is 55.4 Å². The minimum atomic E-state index is -1.38. The van der Waals surface area contributed by atoms with E-state index in [4.69, 9.17) is 0 Å². The van der Waals surface area contributed by atoms with E-state index in [1.165, 1.54) is 0 Å². The molecule has 12 heteroatoms. The molecule has 0 radical (unpaired) electrons. The second-order valence-corrected chi connectivity index (χ2v) is 24.3. The lowest BCUT2D eigenvalue weighted by Crippen LogP contribution is -2.56. The maximum absolute atomic E-state index is 15.2. The van der Waals surface area contributed by atoms with Crippen molar-refractivity contribution in [1.29, 1.82) is 0 Å². The van der Waals surface area contributed by atoms with E-state index in [9.17, 15) is 28.8 Å². The summed E-state index contributed by atoms with van der Waals surface area (Å²) in [4.78, 5) is 116. The van der Waals surface area contributed by atoms with Crippen LogP contribution in [-0.4, -0.2) is 84.8 Å². The van der Waals surface area contributed by atoms with Crippen LogP contribution >= 0.6 is 0 Å². The average molecular weight is 1020 g/mol. The summed E-state index contributed by atoms with van der Waals surface area (Å²) in [5, 5.41) is 13.2. The molecule has 0 saturated carbocycles. The van der Waals surface area contributed by atoms with Gasteiger partial charge in [-0.3, -0.25) is 38.4 Å². The number of hydrogen-bond acceptors (Lipinski definition) is 10. The molecule has 0 bridgehead atoms. The van der Waals surface area contributed by atoms with Gasteiger partial charge in [-0.05, 0) is 112 Å². The Morgan fingerprint density at radius 2 is 0.764 bits per heavy atom. The number of nitrogens with one attached hydrogen (secondary N) is 4. The molecular weight excluding hydrogens is 905 g/mol. The van der Waals surface area contributed by atoms with E-state index in [0.29, 0.717) is 57.3 Å². The zero-order valence-corrected chi connectivity index (χ0v) is 49.0. The fourth-order valence-electron chi connectivity index (χ4n) is 10.3. The molecule has 4 N–H and O–H groups in total. The first kappa shape index (κ1) is 68.9. The van der Waals surface area contributed by atoms with Crippen molar-refractivity contribution in [3.05, 3.63) is 0 Å². The lowest BCUT2D eigenvalue weighted by molar-refractivity contribution is -0.157. The lowest BCUT2D eigenvalue weighted by Gasteiger charge is -2.59. The van der Waals surface area contributed by atoms with Gasteiger partial charge in [0.25, 0.3) is 0 Å². The first-order valence-electron chi connectivity index (χ1n) is 28.7. The Labute approximate surface area is 440 Å². The molecule has 0 aromatic heterocycles. The van der Waals surface area contributed by atoms with Gasteiger partial charge in [0, 0.05) is 113 Å². The van der Waals surface area contributed by atoms with E-state index >= 15 is 9.59 Å². The fraction of sp³-hybridized carbons (Fsp3) is 0.867. The predicted molar refractivity (Wildman–Crippen MR) is 296 cm³/mol. The molecule has 0 aliphatic heterocycles. The number of amides is 2. The van der Waals surface area contributed by atoms with E-state index in [2.05, 4.69) is 76.7 Å². The van der Waals surface area contributed by atoms with Crippen LogP contribution in [0.15, 0.2) is 0 Å². The Balaban J connectivity index is 9.11. The quantitative estimate of drug-likeness (QED) is 0.0428. The second-order valence-electron chi connectivity index (χ2n) is 24.3. The van der Waals surface area contributed by atoms with Crippen molar-refractivity contribution >= 4 is 46.5 Å². The van der Waals surface area contributed by atoms with E-state index < -0.39 is 34.5 Å². The summed E-state index contributed by atoms with van der Waals surface area (Å²) in [5.41, 5.74) is -2.75. The molecule has 4 atom stereocenters. The van der Waals surface area contributed by atoms with Gasteiger partial charge in [0.2, 0.25) is 11.8 Å². The van der Waals surface area contributed by atoms with Crippen LogP contribution in [0.4, 0.5) is 0 Å². The molecule has 4 unspecified atom stereocenters. The molecule has 72 heavy (non-hydrogen) atoms. The van der Waals surface area contributed by atoms with Gasteiger partial charge in [0.1, 0.15) is 34.7 Å². The van der Waals surface area contributed by atoms with Crippen molar-refractivity contribution in [2.24, 2.45) is 58.2 Å². The summed E-state index contributed by atoms with van der Waals surface area (Å²) >= 11 is 0. The minimum absolute atomic E-state index is 0.0114. The number of carbonyl (C=O) groups is 8. The largest absolute Gasteiger partial charge is 0.356 e. The molecular formula is C60H110N4O8. The van der Waals surface area contributed by atoms with Crippen molar-refractivity contribution in [2.75, 3.05) is 26.2 Å². The minimum Gasteiger partial charge on any atom is -0.356 e. The molecule has 0 rings (SSSR count). The van der Waals surface area contributed by atoms with Crippen LogP contribution in [-0.2, 0) is 38.4 Å². The van der Waals surface area contributed by atoms with Crippen molar-refractivity contribution in [3.63, 3.8) is 0 Å². The molecule has 0 aromatic rings. The van der Waals surface area contributed by atoms with Gasteiger partial charge in [0.05, 0.1) is 0 Å². The third kappa shape index (κ3) is 28.0. The first-order valence-corrected chi connectivity index (χ1v) is 28.7. The molecule has 0 aromatic carbocycles. The highest BCUT2D eigenvalue weighted by atomic mass is 16.2. The summed E-state index contributed by atoms with van der Waals surface area (Å²) in [6.07, 6.45) is 5.47. The monoisotopic (exact) mass is 1010 g/mol. The number of rotatable bonds is 45. The second kappa shape index (κ2) is 36.8. The number of hydrogen-bond donors (Lipinski definition) is 4. The van der Waals surface area contributed by atoms with Gasteiger partial charge < -0.3 is 21.3 Å². The topological polar surface area (TPSA) is 185 Å². The van der Waals surface area contributed by atoms with Gasteiger partial charge in [-0.2, -0.15) is 0 Å². The Bertz CT molecular complexity index is 1630. The zero-order valence-electron chi connectivity index (χ0n) is 49.0. The SMILES string of the molecule is CC(C)CCCNC(=O)CC(CCC(=O)C(C)C)C(CCC(=O)CCCNC(C)C)(CC(=O)C(C)C)C(CCC(=O)C(C)C)(CC(=O)NCCCC(C)C)C(CCC(=O)CCCNC(C)C)CC(=O)C(C)C. The molecule has 0 aliphatic carbocycles. The molecule has 2 amide bonds. The van der Waals surface area contributed by atoms with Crippen LogP contribution in [0, 0.1) is 58.2 Å². The van der Waals surface area contributed by atoms with E-state index in [-0.39, 0.29) is 154 Å². The molecule has 0 heterocycles. The molecule has 0 saturated heterocycles. The molecule has 0 fully saturated rings. The van der Waals surface area contributed by atoms with Crippen LogP contribution in [0.2, 0.25) is 0 Å². The molecule has 0 aliphatic rings. The summed E-state index contributed by atoms with van der Waals surface area (Å²) in [6, 6.07) is 0.494. The Morgan fingerprint density at radius 3 is 1.22 bits per heavy atom. The third-order valence-corrected chi connectivity index (χ3v) is 15.1. The Hall–Kier alpha value is -3.12. The van der Waals surface area contributed by atoms with Crippen LogP contribution < -0.4 is 21.3 Å². The van der Waals surface area contributed by atoms with Crippen LogP contribution in [0.25, 0.3) is 0 Å². The number of ketones is 6. The first-order chi connectivity index (χ1) is 33.6. The highest BCUT2D eigenvalue weighted by Gasteiger charge is 2.60. The highest BCUT2D eigenvalue weighted by molar-refractivity contribution is 5.85. The highest BCUT2D eigenvalue weighted by Crippen LogP contribution is 2.63. The third-order valence-electron chi connectivity index (χ3n) is 15.1. The zero-order chi connectivity index (χ0) is 55.2. The van der Waals surface area contributed by atoms with E-state index in [0.717, 1.165) is 25.7 Å². The maximum Gasteiger partial charge on any atom is 0.220 e. The lowest BCUT2D eigenvalue weighted by atomic mass is 9.44. The van der Waals surface area contributed by atoms with Crippen molar-refractivity contribution in [1.82, 2.24) is 21.3 Å². The molecule has 0 spiro atoms. The smallest absolute Gasteiger partial charge is 0.220 e. The maximum atomic E-state index is 15.2. The predicted octanol–water partition coefficient (Wildman–Crippen LogP) is 11.6. The Kier molecular flexibility index (Phi) is 35.2. The van der Waals surface area contributed by atoms with Crippen molar-refractivity contribution in [3.8, 4) is 0 Å². The summed E-state index contributed by atoms with van der Waals surface area (Å²) in [7, 11) is 0. The molecule has 12 nitrogen and oxygen atoms in total. The van der Waals surface area contributed by atoms with Crippen LogP contribution in [0.5, 0.6) is 0 Å². The van der Waals surface area contributed by atoms with Crippen molar-refractivity contribution < 1.29 is 38.4 Å². The summed E-state index contributed by atoms with van der Waals surface area (Å²) in [6.45, 7) is 33.6. The fourth-order valence-corrected chi connectivity index (χ4v) is 10.3. The van der Waals surface area contributed by atoms with Gasteiger partial charge in [-0.25, -0.2) is 0 Å². The normalized spacial score (nSPS) is 14.6. The summed E-state index contributed by atoms with van der Waals surface area (Å²) < 4.78 is 0. The van der Waals surface area contributed by atoms with Crippen LogP contribution in [0.1, 0.15) is 239 Å². The van der Waals surface area contributed by atoms with Gasteiger partial charge in [-0.15, -0.1) is 0 Å². The Morgan fingerprint density at radius 1 is 0.361 bits per heavy atom. The molecule has 418 valence electrons. The standard InChI is InChI=1S/C60H110N4O8/c1-41(2)21-17-35-63-57(71)38-50(26-28-53(67)43(5)6)59(39-56(70)46(11)12,31-29-52(66)24-20-34-62-48(15)16)60(32-30-54(68)44(7)8,40-58(72)64-36-18-22-42(3)4)49(37-55(69)45(9)10)25-27-51(65)23-19-33-61-47(13)14/h41-50,61-62H,17-40H2,1-16H3,(H,63,71)(H,64,72). The number of Topliss-reactive ketones (excluding diaryl/α,β-unsaturated/α-hetero) is 6. The van der Waals surface area contributed by atoms with E-state index in [1.54, 1.807) is 0 Å². The van der Waals surface area contributed by atoms with Gasteiger partial charge >= 0.3 is 0 Å². The van der Waals surface area contributed by atoms with Gasteiger partial charge in [0.15, 0.2) is 0 Å².